The first-order valence-electron chi connectivity index (χ1n) is 9.64. The SMILES string of the molecule is COCCOc1ccc(-c2cccc3c(C(=O)N4CC(C#N)C4)cccc23)cc1. The maximum Gasteiger partial charge on any atom is 0.254 e. The number of ether oxygens (including phenoxy) is 2. The first kappa shape index (κ1) is 19.0. The molecule has 29 heavy (non-hydrogen) atoms. The molecule has 146 valence electrons. The Morgan fingerprint density at radius 3 is 2.48 bits per heavy atom. The molecule has 4 rings (SSSR count). The summed E-state index contributed by atoms with van der Waals surface area (Å²) in [4.78, 5) is 14.6. The molecule has 3 aromatic rings. The average Bonchev–Trinajstić information content (AvgIpc) is 2.73. The third-order valence-corrected chi connectivity index (χ3v) is 5.23. The molecule has 5 nitrogen and oxygen atoms in total. The summed E-state index contributed by atoms with van der Waals surface area (Å²) in [5, 5.41) is 10.9. The Morgan fingerprint density at radius 2 is 1.76 bits per heavy atom. The van der Waals surface area contributed by atoms with E-state index in [0.29, 0.717) is 31.9 Å². The van der Waals surface area contributed by atoms with Crippen molar-refractivity contribution in [3.05, 3.63) is 66.2 Å². The molecule has 1 fully saturated rings. The minimum absolute atomic E-state index is 0.0128. The second-order valence-corrected chi connectivity index (χ2v) is 7.11. The lowest BCUT2D eigenvalue weighted by Gasteiger charge is -2.35. The molecular formula is C24H22N2O3. The molecule has 5 heteroatoms. The Morgan fingerprint density at radius 1 is 1.03 bits per heavy atom. The smallest absolute Gasteiger partial charge is 0.254 e. The lowest BCUT2D eigenvalue weighted by Crippen LogP contribution is -2.49. The zero-order chi connectivity index (χ0) is 20.2. The van der Waals surface area contributed by atoms with Crippen molar-refractivity contribution in [2.45, 2.75) is 0 Å². The molecule has 1 saturated heterocycles. The molecule has 1 amide bonds. The molecule has 0 atom stereocenters. The lowest BCUT2D eigenvalue weighted by atomic mass is 9.94. The summed E-state index contributed by atoms with van der Waals surface area (Å²) < 4.78 is 10.6. The van der Waals surface area contributed by atoms with Crippen LogP contribution in [0.2, 0.25) is 0 Å². The zero-order valence-corrected chi connectivity index (χ0v) is 16.3. The normalized spacial score (nSPS) is 13.7. The van der Waals surface area contributed by atoms with Gasteiger partial charge in [-0.2, -0.15) is 5.26 Å². The highest BCUT2D eigenvalue weighted by Crippen LogP contribution is 2.32. The van der Waals surface area contributed by atoms with Gasteiger partial charge in [0.05, 0.1) is 18.6 Å². The maximum atomic E-state index is 12.9. The summed E-state index contributed by atoms with van der Waals surface area (Å²) in [6.45, 7) is 2.08. The second-order valence-electron chi connectivity index (χ2n) is 7.11. The van der Waals surface area contributed by atoms with Crippen molar-refractivity contribution in [3.8, 4) is 22.9 Å². The van der Waals surface area contributed by atoms with Crippen LogP contribution < -0.4 is 4.74 Å². The van der Waals surface area contributed by atoms with E-state index in [1.165, 1.54) is 0 Å². The van der Waals surface area contributed by atoms with E-state index in [0.717, 1.165) is 27.6 Å². The van der Waals surface area contributed by atoms with Crippen LogP contribution in [0.5, 0.6) is 5.75 Å². The van der Waals surface area contributed by atoms with Crippen molar-refractivity contribution in [1.82, 2.24) is 4.90 Å². The number of nitriles is 1. The van der Waals surface area contributed by atoms with Gasteiger partial charge in [-0.1, -0.05) is 42.5 Å². The Bertz CT molecular complexity index is 1060. The summed E-state index contributed by atoms with van der Waals surface area (Å²) >= 11 is 0. The predicted octanol–water partition coefficient (Wildman–Crippen LogP) is 4.13. The van der Waals surface area contributed by atoms with Crippen LogP contribution in [0.25, 0.3) is 21.9 Å². The van der Waals surface area contributed by atoms with Crippen molar-refractivity contribution in [3.63, 3.8) is 0 Å². The third kappa shape index (κ3) is 3.80. The molecule has 0 unspecified atom stereocenters. The minimum Gasteiger partial charge on any atom is -0.491 e. The van der Waals surface area contributed by atoms with E-state index >= 15 is 0 Å². The van der Waals surface area contributed by atoms with E-state index in [1.54, 1.807) is 12.0 Å². The highest BCUT2D eigenvalue weighted by Gasteiger charge is 2.31. The molecule has 1 aliphatic heterocycles. The predicted molar refractivity (Wildman–Crippen MR) is 112 cm³/mol. The van der Waals surface area contributed by atoms with E-state index in [4.69, 9.17) is 14.7 Å². The summed E-state index contributed by atoms with van der Waals surface area (Å²) in [5.41, 5.74) is 2.81. The summed E-state index contributed by atoms with van der Waals surface area (Å²) in [5.74, 6) is 0.738. The molecule has 1 aliphatic rings. The Balaban J connectivity index is 1.63. The number of benzene rings is 3. The van der Waals surface area contributed by atoms with Gasteiger partial charge in [0, 0.05) is 25.8 Å². The second kappa shape index (κ2) is 8.34. The number of carbonyl (C=O) groups is 1. The van der Waals surface area contributed by atoms with Crippen LogP contribution in [0.15, 0.2) is 60.7 Å². The molecule has 0 aromatic heterocycles. The number of nitrogens with zero attached hydrogens (tertiary/aromatic N) is 2. The fraction of sp³-hybridized carbons (Fsp3) is 0.250. The lowest BCUT2D eigenvalue weighted by molar-refractivity contribution is 0.0579. The van der Waals surface area contributed by atoms with Gasteiger partial charge in [-0.05, 0) is 40.1 Å². The van der Waals surface area contributed by atoms with Crippen molar-refractivity contribution in [2.75, 3.05) is 33.4 Å². The highest BCUT2D eigenvalue weighted by molar-refractivity contribution is 6.10. The molecule has 0 aliphatic carbocycles. The van der Waals surface area contributed by atoms with Gasteiger partial charge in [0.15, 0.2) is 0 Å². The van der Waals surface area contributed by atoms with Crippen LogP contribution in [0.1, 0.15) is 10.4 Å². The molecule has 3 aromatic carbocycles. The standard InChI is InChI=1S/C24H22N2O3/c1-28-12-13-29-19-10-8-18(9-11-19)20-4-2-6-22-21(20)5-3-7-23(22)24(27)26-15-17(14-25)16-26/h2-11,17H,12-13,15-16H2,1H3. The van der Waals surface area contributed by atoms with E-state index in [1.807, 2.05) is 54.6 Å². The monoisotopic (exact) mass is 386 g/mol. The fourth-order valence-corrected chi connectivity index (χ4v) is 3.62. The Hall–Kier alpha value is -3.36. The van der Waals surface area contributed by atoms with E-state index in [-0.39, 0.29) is 11.8 Å². The number of rotatable bonds is 6. The Kier molecular flexibility index (Phi) is 5.46. The van der Waals surface area contributed by atoms with Crippen molar-refractivity contribution >= 4 is 16.7 Å². The van der Waals surface area contributed by atoms with Crippen LogP contribution in [0, 0.1) is 17.2 Å². The van der Waals surface area contributed by atoms with Crippen LogP contribution in [0.4, 0.5) is 0 Å². The first-order chi connectivity index (χ1) is 14.2. The van der Waals surface area contributed by atoms with Crippen LogP contribution in [0.3, 0.4) is 0 Å². The first-order valence-corrected chi connectivity index (χ1v) is 9.64. The summed E-state index contributed by atoms with van der Waals surface area (Å²) in [7, 11) is 1.65. The van der Waals surface area contributed by atoms with Gasteiger partial charge >= 0.3 is 0 Å². The number of fused-ring (bicyclic) bond motifs is 1. The Labute approximate surface area is 170 Å². The molecule has 0 bridgehead atoms. The van der Waals surface area contributed by atoms with Crippen molar-refractivity contribution < 1.29 is 14.3 Å². The van der Waals surface area contributed by atoms with Gasteiger partial charge in [0.1, 0.15) is 12.4 Å². The van der Waals surface area contributed by atoms with E-state index in [9.17, 15) is 4.79 Å². The molecule has 0 saturated carbocycles. The van der Waals surface area contributed by atoms with Crippen LogP contribution in [-0.2, 0) is 4.74 Å². The minimum atomic E-state index is -0.0471. The quantitative estimate of drug-likeness (QED) is 0.598. The van der Waals surface area contributed by atoms with E-state index < -0.39 is 0 Å². The number of amides is 1. The topological polar surface area (TPSA) is 62.6 Å². The molecule has 0 spiro atoms. The fourth-order valence-electron chi connectivity index (χ4n) is 3.62. The van der Waals surface area contributed by atoms with Gasteiger partial charge < -0.3 is 14.4 Å². The number of hydrogen-bond acceptors (Lipinski definition) is 4. The molecule has 0 radical (unpaired) electrons. The number of likely N-dealkylation sites (tertiary alicyclic amines) is 1. The van der Waals surface area contributed by atoms with Gasteiger partial charge in [0.25, 0.3) is 5.91 Å². The number of carbonyl (C=O) groups excluding carboxylic acids is 1. The van der Waals surface area contributed by atoms with Crippen molar-refractivity contribution in [1.29, 1.82) is 5.26 Å². The van der Waals surface area contributed by atoms with Gasteiger partial charge in [-0.25, -0.2) is 0 Å². The summed E-state index contributed by atoms with van der Waals surface area (Å²) in [6, 6.07) is 22.0. The van der Waals surface area contributed by atoms with Gasteiger partial charge in [0.2, 0.25) is 0 Å². The van der Waals surface area contributed by atoms with E-state index in [2.05, 4.69) is 12.1 Å². The highest BCUT2D eigenvalue weighted by atomic mass is 16.5. The van der Waals surface area contributed by atoms with Gasteiger partial charge in [-0.15, -0.1) is 0 Å². The maximum absolute atomic E-state index is 12.9. The molecule has 0 N–H and O–H groups in total. The number of hydrogen-bond donors (Lipinski definition) is 0. The third-order valence-electron chi connectivity index (χ3n) is 5.23. The van der Waals surface area contributed by atoms with Crippen LogP contribution in [-0.4, -0.2) is 44.2 Å². The molecule has 1 heterocycles. The van der Waals surface area contributed by atoms with Gasteiger partial charge in [-0.3, -0.25) is 4.79 Å². The average molecular weight is 386 g/mol. The van der Waals surface area contributed by atoms with Crippen molar-refractivity contribution in [2.24, 2.45) is 5.92 Å². The number of methoxy groups -OCH3 is 1. The van der Waals surface area contributed by atoms with Crippen LogP contribution >= 0.6 is 0 Å². The summed E-state index contributed by atoms with van der Waals surface area (Å²) in [6.07, 6.45) is 0. The molecular weight excluding hydrogens is 364 g/mol. The largest absolute Gasteiger partial charge is 0.491 e. The zero-order valence-electron chi connectivity index (χ0n) is 16.3.